The normalized spacial score (nSPS) is 14.1. The first kappa shape index (κ1) is 24.4. The van der Waals surface area contributed by atoms with E-state index in [-0.39, 0.29) is 16.7 Å². The van der Waals surface area contributed by atoms with Crippen molar-refractivity contribution in [3.63, 3.8) is 0 Å². The average molecular weight is 458 g/mol. The number of fused-ring (bicyclic) bond motifs is 1. The second kappa shape index (κ2) is 10.4. The van der Waals surface area contributed by atoms with Crippen molar-refractivity contribution >= 4 is 27.9 Å². The average Bonchev–Trinajstić information content (AvgIpc) is 2.69. The van der Waals surface area contributed by atoms with Gasteiger partial charge < -0.3 is 19.5 Å². The van der Waals surface area contributed by atoms with Gasteiger partial charge in [-0.15, -0.1) is 0 Å². The number of carbonyl (C=O) groups excluding carboxylic acids is 3. The number of sulfonamides is 1. The van der Waals surface area contributed by atoms with Gasteiger partial charge in [-0.05, 0) is 31.9 Å². The number of ether oxygens (including phenoxy) is 3. The number of amides is 3. The highest BCUT2D eigenvalue weighted by Gasteiger charge is 2.31. The topological polar surface area (TPSA) is 149 Å². The molecule has 12 heteroatoms. The third-order valence-electron chi connectivity index (χ3n) is 4.04. The molecule has 3 amide bonds. The van der Waals surface area contributed by atoms with E-state index in [1.165, 1.54) is 18.2 Å². The van der Waals surface area contributed by atoms with Crippen LogP contribution in [0.1, 0.15) is 27.7 Å². The highest BCUT2D eigenvalue weighted by molar-refractivity contribution is 7.89. The molecule has 0 aromatic heterocycles. The van der Waals surface area contributed by atoms with Gasteiger partial charge >= 0.3 is 12.0 Å². The number of hydrogen-bond donors (Lipinski definition) is 3. The molecule has 1 unspecified atom stereocenters. The fourth-order valence-electron chi connectivity index (χ4n) is 2.57. The SMILES string of the molecule is CC(C)NC(=O)NC(=O)COC(=O)C(NS(=O)(=O)c1ccc2c(c1)OCCO2)C(C)C. The van der Waals surface area contributed by atoms with Crippen molar-refractivity contribution in [2.45, 2.75) is 44.7 Å². The van der Waals surface area contributed by atoms with Gasteiger partial charge in [0, 0.05) is 12.1 Å². The highest BCUT2D eigenvalue weighted by atomic mass is 32.2. The first-order valence-corrected chi connectivity index (χ1v) is 11.2. The van der Waals surface area contributed by atoms with Crippen LogP contribution in [0.3, 0.4) is 0 Å². The predicted molar refractivity (Wildman–Crippen MR) is 109 cm³/mol. The van der Waals surface area contributed by atoms with Crippen LogP contribution in [-0.2, 0) is 24.3 Å². The van der Waals surface area contributed by atoms with Crippen molar-refractivity contribution in [1.82, 2.24) is 15.4 Å². The molecule has 11 nitrogen and oxygen atoms in total. The lowest BCUT2D eigenvalue weighted by Gasteiger charge is -2.22. The van der Waals surface area contributed by atoms with Crippen LogP contribution in [0.4, 0.5) is 4.79 Å². The number of urea groups is 1. The highest BCUT2D eigenvalue weighted by Crippen LogP contribution is 2.32. The summed E-state index contributed by atoms with van der Waals surface area (Å²) in [6.45, 7) is 6.59. The lowest BCUT2D eigenvalue weighted by atomic mass is 10.1. The third kappa shape index (κ3) is 7.10. The minimum absolute atomic E-state index is 0.113. The van der Waals surface area contributed by atoms with Crippen LogP contribution >= 0.6 is 0 Å². The first-order chi connectivity index (χ1) is 14.5. The Balaban J connectivity index is 2.02. The van der Waals surface area contributed by atoms with Crippen LogP contribution in [0.5, 0.6) is 11.5 Å². The van der Waals surface area contributed by atoms with Gasteiger partial charge in [-0.2, -0.15) is 4.72 Å². The minimum Gasteiger partial charge on any atom is -0.486 e. The van der Waals surface area contributed by atoms with Crippen LogP contribution in [0.15, 0.2) is 23.1 Å². The molecule has 0 fully saturated rings. The van der Waals surface area contributed by atoms with Gasteiger partial charge in [0.1, 0.15) is 19.3 Å². The molecular weight excluding hydrogens is 430 g/mol. The quantitative estimate of drug-likeness (QED) is 0.479. The van der Waals surface area contributed by atoms with Crippen LogP contribution in [-0.4, -0.2) is 58.2 Å². The maximum absolute atomic E-state index is 12.8. The number of benzene rings is 1. The standard InChI is InChI=1S/C19H27N3O8S/c1-11(2)17(18(24)30-10-16(23)21-19(25)20-12(3)4)22-31(26,27)13-5-6-14-15(9-13)29-8-7-28-14/h5-6,9,11-12,17,22H,7-8,10H2,1-4H3,(H2,20,21,23,25). The molecule has 172 valence electrons. The Bertz CT molecular complexity index is 930. The number of nitrogens with one attached hydrogen (secondary N) is 3. The van der Waals surface area contributed by atoms with Gasteiger partial charge in [-0.1, -0.05) is 13.8 Å². The molecule has 1 aromatic rings. The third-order valence-corrected chi connectivity index (χ3v) is 5.48. The zero-order valence-electron chi connectivity index (χ0n) is 17.8. The van der Waals surface area contributed by atoms with E-state index in [1.807, 2.05) is 5.32 Å². The van der Waals surface area contributed by atoms with Crippen LogP contribution in [0.25, 0.3) is 0 Å². The van der Waals surface area contributed by atoms with E-state index in [9.17, 15) is 22.8 Å². The van der Waals surface area contributed by atoms with Crippen LogP contribution in [0, 0.1) is 5.92 Å². The van der Waals surface area contributed by atoms with E-state index >= 15 is 0 Å². The summed E-state index contributed by atoms with van der Waals surface area (Å²) in [7, 11) is -4.11. The number of carbonyl (C=O) groups is 3. The van der Waals surface area contributed by atoms with Gasteiger partial charge in [0.25, 0.3) is 5.91 Å². The molecular formula is C19H27N3O8S. The monoisotopic (exact) mass is 457 g/mol. The van der Waals surface area contributed by atoms with E-state index in [0.29, 0.717) is 19.0 Å². The lowest BCUT2D eigenvalue weighted by Crippen LogP contribution is -2.47. The fourth-order valence-corrected chi connectivity index (χ4v) is 3.92. The van der Waals surface area contributed by atoms with Crippen molar-refractivity contribution in [3.8, 4) is 11.5 Å². The minimum atomic E-state index is -4.11. The largest absolute Gasteiger partial charge is 0.486 e. The Morgan fingerprint density at radius 3 is 2.32 bits per heavy atom. The maximum Gasteiger partial charge on any atom is 0.324 e. The second-order valence-corrected chi connectivity index (χ2v) is 9.15. The summed E-state index contributed by atoms with van der Waals surface area (Å²) in [4.78, 5) is 35.6. The molecule has 0 bridgehead atoms. The summed E-state index contributed by atoms with van der Waals surface area (Å²) in [5.74, 6) is -1.56. The molecule has 3 N–H and O–H groups in total. The van der Waals surface area contributed by atoms with E-state index < -0.39 is 46.5 Å². The summed E-state index contributed by atoms with van der Waals surface area (Å²) >= 11 is 0. The number of hydrogen-bond acceptors (Lipinski definition) is 8. The number of imide groups is 1. The van der Waals surface area contributed by atoms with Crippen molar-refractivity contribution < 1.29 is 37.0 Å². The molecule has 0 radical (unpaired) electrons. The Labute approximate surface area is 180 Å². The van der Waals surface area contributed by atoms with Crippen molar-refractivity contribution in [2.75, 3.05) is 19.8 Å². The Morgan fingerprint density at radius 2 is 1.71 bits per heavy atom. The molecule has 1 aromatic carbocycles. The van der Waals surface area contributed by atoms with Crippen LogP contribution in [0.2, 0.25) is 0 Å². The van der Waals surface area contributed by atoms with Gasteiger partial charge in [-0.25, -0.2) is 13.2 Å². The lowest BCUT2D eigenvalue weighted by molar-refractivity contribution is -0.150. The van der Waals surface area contributed by atoms with Gasteiger partial charge in [-0.3, -0.25) is 14.9 Å². The Morgan fingerprint density at radius 1 is 1.06 bits per heavy atom. The molecule has 1 atom stereocenters. The summed E-state index contributed by atoms with van der Waals surface area (Å²) in [5, 5.41) is 4.46. The molecule has 31 heavy (non-hydrogen) atoms. The molecule has 0 aliphatic carbocycles. The second-order valence-electron chi connectivity index (χ2n) is 7.43. The predicted octanol–water partition coefficient (Wildman–Crippen LogP) is 0.538. The smallest absolute Gasteiger partial charge is 0.324 e. The Hall–Kier alpha value is -2.86. The zero-order valence-corrected chi connectivity index (χ0v) is 18.6. The molecule has 0 spiro atoms. The molecule has 1 aliphatic rings. The summed E-state index contributed by atoms with van der Waals surface area (Å²) in [5.41, 5.74) is 0. The van der Waals surface area contributed by atoms with Crippen molar-refractivity contribution in [3.05, 3.63) is 18.2 Å². The summed E-state index contributed by atoms with van der Waals surface area (Å²) in [6, 6.07) is 1.94. The molecule has 0 saturated carbocycles. The van der Waals surface area contributed by atoms with Gasteiger partial charge in [0.2, 0.25) is 10.0 Å². The van der Waals surface area contributed by atoms with E-state index in [0.717, 1.165) is 0 Å². The molecule has 1 aliphatic heterocycles. The van der Waals surface area contributed by atoms with Crippen molar-refractivity contribution in [1.29, 1.82) is 0 Å². The van der Waals surface area contributed by atoms with E-state index in [2.05, 4.69) is 10.0 Å². The Kier molecular flexibility index (Phi) is 8.22. The molecule has 0 saturated heterocycles. The van der Waals surface area contributed by atoms with E-state index in [1.54, 1.807) is 27.7 Å². The van der Waals surface area contributed by atoms with Gasteiger partial charge in [0.05, 0.1) is 4.90 Å². The number of rotatable bonds is 8. The molecule has 2 rings (SSSR count). The summed E-state index contributed by atoms with van der Waals surface area (Å²) in [6.07, 6.45) is 0. The maximum atomic E-state index is 12.8. The van der Waals surface area contributed by atoms with E-state index in [4.69, 9.17) is 14.2 Å². The van der Waals surface area contributed by atoms with Gasteiger partial charge in [0.15, 0.2) is 18.1 Å². The molecule has 1 heterocycles. The van der Waals surface area contributed by atoms with Crippen LogP contribution < -0.4 is 24.8 Å². The zero-order chi connectivity index (χ0) is 23.2. The fraction of sp³-hybridized carbons (Fsp3) is 0.526. The summed E-state index contributed by atoms with van der Waals surface area (Å²) < 4.78 is 43.5. The van der Waals surface area contributed by atoms with Crippen molar-refractivity contribution in [2.24, 2.45) is 5.92 Å². The first-order valence-electron chi connectivity index (χ1n) is 9.68. The number of esters is 1.